The molecule has 0 saturated heterocycles. The molecule has 0 aliphatic rings. The Kier molecular flexibility index (Phi) is 27.1. The van der Waals surface area contributed by atoms with E-state index in [0.717, 1.165) is 0 Å². The molecule has 0 bridgehead atoms. The normalized spacial score (nSPS) is 8.09. The molecule has 0 fully saturated rings. The molecular formula is C5H13CuFO3P. The van der Waals surface area contributed by atoms with Crippen LogP contribution in [0.4, 0.5) is 4.39 Å². The Bertz CT molecular complexity index is 76.1. The molecule has 0 aromatic rings. The third kappa shape index (κ3) is 18.0. The SMILES string of the molecule is CCO[PH](=O)OCC.[CH2-]F.[Cu+]. The molecule has 74 valence electrons. The van der Waals surface area contributed by atoms with Crippen LogP contribution in [-0.2, 0) is 30.7 Å². The molecule has 0 saturated carbocycles. The average Bonchev–Trinajstić information content (AvgIpc) is 1.93. The van der Waals surface area contributed by atoms with Crippen LogP contribution in [0.3, 0.4) is 0 Å². The summed E-state index contributed by atoms with van der Waals surface area (Å²) in [5.41, 5.74) is 0. The second-order valence-electron chi connectivity index (χ2n) is 1.12. The zero-order chi connectivity index (χ0) is 8.41. The summed E-state index contributed by atoms with van der Waals surface area (Å²) < 4.78 is 28.8. The maximum absolute atomic E-state index is 10.4. The van der Waals surface area contributed by atoms with Crippen molar-refractivity contribution in [2.24, 2.45) is 0 Å². The molecule has 0 N–H and O–H groups in total. The Morgan fingerprint density at radius 2 is 1.55 bits per heavy atom. The number of hydrogen-bond donors (Lipinski definition) is 0. The van der Waals surface area contributed by atoms with Crippen LogP contribution in [0.2, 0.25) is 0 Å². The van der Waals surface area contributed by atoms with Crippen LogP contribution < -0.4 is 0 Å². The molecule has 0 unspecified atom stereocenters. The third-order valence-corrected chi connectivity index (χ3v) is 1.57. The summed E-state index contributed by atoms with van der Waals surface area (Å²) in [6, 6.07) is 0. The maximum Gasteiger partial charge on any atom is 1.00 e. The van der Waals surface area contributed by atoms with Gasteiger partial charge in [-0.05, 0) is 13.8 Å². The summed E-state index contributed by atoms with van der Waals surface area (Å²) in [6.45, 7) is 4.47. The smallest absolute Gasteiger partial charge is 0.463 e. The Labute approximate surface area is 78.1 Å². The fourth-order valence-electron chi connectivity index (χ4n) is 0.277. The van der Waals surface area contributed by atoms with E-state index in [1.54, 1.807) is 21.0 Å². The second kappa shape index (κ2) is 16.9. The van der Waals surface area contributed by atoms with Crippen LogP contribution in [0.15, 0.2) is 0 Å². The van der Waals surface area contributed by atoms with Crippen molar-refractivity contribution in [2.75, 3.05) is 13.2 Å². The molecule has 0 radical (unpaired) electrons. The van der Waals surface area contributed by atoms with Gasteiger partial charge in [-0.1, -0.05) is 0 Å². The van der Waals surface area contributed by atoms with Crippen molar-refractivity contribution in [1.82, 2.24) is 0 Å². The Morgan fingerprint density at radius 1 is 1.27 bits per heavy atom. The van der Waals surface area contributed by atoms with Crippen LogP contribution in [0.25, 0.3) is 0 Å². The van der Waals surface area contributed by atoms with Crippen LogP contribution in [0.5, 0.6) is 0 Å². The van der Waals surface area contributed by atoms with Crippen LogP contribution >= 0.6 is 8.25 Å². The van der Waals surface area contributed by atoms with Gasteiger partial charge in [0, 0.05) is 0 Å². The molecule has 0 aliphatic heterocycles. The molecule has 3 nitrogen and oxygen atoms in total. The number of rotatable bonds is 4. The summed E-state index contributed by atoms with van der Waals surface area (Å²) in [5, 5.41) is 0. The van der Waals surface area contributed by atoms with Crippen molar-refractivity contribution >= 4 is 8.25 Å². The van der Waals surface area contributed by atoms with E-state index >= 15 is 0 Å². The number of halogens is 1. The third-order valence-electron chi connectivity index (χ3n) is 0.524. The Morgan fingerprint density at radius 3 is 1.73 bits per heavy atom. The largest absolute Gasteiger partial charge is 1.00 e. The Hall–Kier alpha value is 0.599. The van der Waals surface area contributed by atoms with Crippen molar-refractivity contribution in [1.29, 1.82) is 0 Å². The van der Waals surface area contributed by atoms with Gasteiger partial charge in [0.15, 0.2) is 0 Å². The van der Waals surface area contributed by atoms with Gasteiger partial charge in [0.2, 0.25) is 0 Å². The predicted octanol–water partition coefficient (Wildman–Crippen LogP) is 2.19. The van der Waals surface area contributed by atoms with E-state index in [2.05, 4.69) is 9.05 Å². The number of hydrogen-bond acceptors (Lipinski definition) is 3. The van der Waals surface area contributed by atoms with Crippen LogP contribution in [0, 0.1) is 7.18 Å². The summed E-state index contributed by atoms with van der Waals surface area (Å²) in [5.74, 6) is 0. The Balaban J connectivity index is -0.000000196. The predicted molar refractivity (Wildman–Crippen MR) is 38.7 cm³/mol. The van der Waals surface area contributed by atoms with E-state index in [-0.39, 0.29) is 17.1 Å². The van der Waals surface area contributed by atoms with E-state index in [4.69, 9.17) is 0 Å². The zero-order valence-corrected chi connectivity index (χ0v) is 8.47. The molecule has 0 spiro atoms. The van der Waals surface area contributed by atoms with Crippen molar-refractivity contribution < 1.29 is 35.1 Å². The molecule has 0 rings (SSSR count). The minimum Gasteiger partial charge on any atom is -0.463 e. The zero-order valence-electron chi connectivity index (χ0n) is 6.53. The summed E-state index contributed by atoms with van der Waals surface area (Å²) in [6.07, 6.45) is 0. The first-order valence-corrected chi connectivity index (χ1v) is 4.10. The summed E-state index contributed by atoms with van der Waals surface area (Å²) >= 11 is 0. The molecule has 6 heteroatoms. The van der Waals surface area contributed by atoms with E-state index in [0.29, 0.717) is 13.2 Å². The molecular weight excluding hydrogens is 222 g/mol. The van der Waals surface area contributed by atoms with Crippen LogP contribution in [-0.4, -0.2) is 13.2 Å². The van der Waals surface area contributed by atoms with Gasteiger partial charge in [0.1, 0.15) is 0 Å². The van der Waals surface area contributed by atoms with Crippen LogP contribution in [0.1, 0.15) is 13.8 Å². The second-order valence-corrected chi connectivity index (χ2v) is 2.19. The van der Waals surface area contributed by atoms with Crippen molar-refractivity contribution in [3.05, 3.63) is 7.18 Å². The van der Waals surface area contributed by atoms with Gasteiger partial charge in [-0.3, -0.25) is 4.57 Å². The quantitative estimate of drug-likeness (QED) is 0.425. The molecule has 0 amide bonds. The maximum atomic E-state index is 10.4. The van der Waals surface area contributed by atoms with E-state index < -0.39 is 8.25 Å². The monoisotopic (exact) mass is 234 g/mol. The summed E-state index contributed by atoms with van der Waals surface area (Å²) in [7, 11) is -0.391. The van der Waals surface area contributed by atoms with Gasteiger partial charge < -0.3 is 13.4 Å². The first kappa shape index (κ1) is 17.6. The van der Waals surface area contributed by atoms with Gasteiger partial charge in [0.05, 0.1) is 13.2 Å². The fourth-order valence-corrected chi connectivity index (χ4v) is 0.832. The molecule has 0 aliphatic carbocycles. The fraction of sp³-hybridized carbons (Fsp3) is 0.800. The topological polar surface area (TPSA) is 35.5 Å². The summed E-state index contributed by atoms with van der Waals surface area (Å²) in [4.78, 5) is 0. The minimum atomic E-state index is -2.14. The van der Waals surface area contributed by atoms with Gasteiger partial charge in [0.25, 0.3) is 0 Å². The van der Waals surface area contributed by atoms with Gasteiger partial charge in [-0.15, -0.1) is 0 Å². The first-order valence-electron chi connectivity index (χ1n) is 2.87. The van der Waals surface area contributed by atoms with Gasteiger partial charge >= 0.3 is 25.3 Å². The first-order chi connectivity index (χ1) is 4.81. The molecule has 11 heavy (non-hydrogen) atoms. The molecule has 0 aromatic heterocycles. The van der Waals surface area contributed by atoms with Crippen molar-refractivity contribution in [2.45, 2.75) is 13.8 Å². The molecule has 0 heterocycles. The van der Waals surface area contributed by atoms with E-state index in [1.165, 1.54) is 0 Å². The minimum absolute atomic E-state index is 0. The van der Waals surface area contributed by atoms with E-state index in [1.807, 2.05) is 0 Å². The standard InChI is InChI=1S/C4H11O3P.CH2F.Cu/c1-3-6-8(5)7-4-2;1-2;/h8H,3-4H2,1-2H3;1H2;/q;-1;+1. The molecule has 0 aromatic carbocycles. The van der Waals surface area contributed by atoms with Crippen molar-refractivity contribution in [3.63, 3.8) is 0 Å². The molecule has 0 atom stereocenters. The van der Waals surface area contributed by atoms with E-state index in [9.17, 15) is 8.96 Å². The van der Waals surface area contributed by atoms with Crippen molar-refractivity contribution in [3.8, 4) is 0 Å². The van der Waals surface area contributed by atoms with Gasteiger partial charge in [-0.2, -0.15) is 7.18 Å². The average molecular weight is 235 g/mol. The van der Waals surface area contributed by atoms with Gasteiger partial charge in [-0.25, -0.2) is 0 Å².